The van der Waals surface area contributed by atoms with Crippen molar-refractivity contribution in [2.75, 3.05) is 0 Å². The quantitative estimate of drug-likeness (QED) is 0.441. The standard InChI is InChI=1S/C27H28N2O3/c1-5-15-10-21-23-16(14(15)3)8-7-9-17(23)18-12-29-22(24(18)28-21)11-20-19(25(29)30)13-32-26(31)27(20,4)6-2/h10-11H,5-9,12-13H2,1-4H3/t27-/m1/s1. The number of hydrogen-bond donors (Lipinski definition) is 0. The molecule has 3 aliphatic rings. The van der Waals surface area contributed by atoms with Crippen molar-refractivity contribution in [3.63, 3.8) is 0 Å². The molecule has 0 radical (unpaired) electrons. The zero-order valence-corrected chi connectivity index (χ0v) is 19.2. The Morgan fingerprint density at radius 2 is 1.88 bits per heavy atom. The second kappa shape index (κ2) is 6.53. The van der Waals surface area contributed by atoms with Gasteiger partial charge in [-0.1, -0.05) is 13.8 Å². The number of benzene rings is 1. The lowest BCUT2D eigenvalue weighted by Gasteiger charge is -2.33. The van der Waals surface area contributed by atoms with Gasteiger partial charge in [0.05, 0.1) is 34.4 Å². The number of cyclic esters (lactones) is 1. The summed E-state index contributed by atoms with van der Waals surface area (Å²) in [4.78, 5) is 31.4. The molecule has 0 bridgehead atoms. The van der Waals surface area contributed by atoms with Crippen molar-refractivity contribution in [3.8, 4) is 11.4 Å². The molecule has 6 rings (SSSR count). The minimum absolute atomic E-state index is 0.0413. The first-order valence-electron chi connectivity index (χ1n) is 11.8. The molecule has 2 aromatic heterocycles. The van der Waals surface area contributed by atoms with E-state index in [4.69, 9.17) is 9.72 Å². The molecular formula is C27H28N2O3. The fourth-order valence-corrected chi connectivity index (χ4v) is 6.14. The van der Waals surface area contributed by atoms with Gasteiger partial charge in [0.25, 0.3) is 5.56 Å². The van der Waals surface area contributed by atoms with Gasteiger partial charge in [-0.3, -0.25) is 9.59 Å². The summed E-state index contributed by atoms with van der Waals surface area (Å²) in [7, 11) is 0. The van der Waals surface area contributed by atoms with Gasteiger partial charge < -0.3 is 9.30 Å². The van der Waals surface area contributed by atoms with Crippen molar-refractivity contribution in [2.45, 2.75) is 78.4 Å². The van der Waals surface area contributed by atoms with Gasteiger partial charge >= 0.3 is 5.97 Å². The van der Waals surface area contributed by atoms with Gasteiger partial charge in [-0.25, -0.2) is 4.98 Å². The number of nitrogens with zero attached hydrogens (tertiary/aromatic N) is 2. The van der Waals surface area contributed by atoms with E-state index >= 15 is 0 Å². The Balaban J connectivity index is 1.68. The SMILES string of the molecule is CCc1cc2nc3c(c4c2c(c1C)CCC4)Cn1c-3cc2c(c1=O)COC(=O)[C@]2(C)CC. The van der Waals surface area contributed by atoms with E-state index < -0.39 is 5.41 Å². The monoisotopic (exact) mass is 428 g/mol. The van der Waals surface area contributed by atoms with E-state index in [9.17, 15) is 9.59 Å². The predicted octanol–water partition coefficient (Wildman–Crippen LogP) is 4.51. The smallest absolute Gasteiger partial charge is 0.316 e. The summed E-state index contributed by atoms with van der Waals surface area (Å²) in [5, 5.41) is 1.31. The van der Waals surface area contributed by atoms with Crippen LogP contribution in [0.3, 0.4) is 0 Å². The first-order valence-corrected chi connectivity index (χ1v) is 11.8. The van der Waals surface area contributed by atoms with Crippen LogP contribution >= 0.6 is 0 Å². The predicted molar refractivity (Wildman–Crippen MR) is 124 cm³/mol. The maximum Gasteiger partial charge on any atom is 0.316 e. The van der Waals surface area contributed by atoms with E-state index in [1.165, 1.54) is 33.2 Å². The van der Waals surface area contributed by atoms with Crippen LogP contribution in [0.1, 0.15) is 72.6 Å². The van der Waals surface area contributed by atoms with E-state index in [0.717, 1.165) is 48.2 Å². The molecule has 0 saturated heterocycles. The van der Waals surface area contributed by atoms with Crippen LogP contribution in [0.2, 0.25) is 0 Å². The molecule has 1 aromatic carbocycles. The lowest BCUT2D eigenvalue weighted by atomic mass is 9.76. The van der Waals surface area contributed by atoms with Gasteiger partial charge in [0.2, 0.25) is 0 Å². The van der Waals surface area contributed by atoms with Crippen LogP contribution in [0, 0.1) is 6.92 Å². The fourth-order valence-electron chi connectivity index (χ4n) is 6.14. The van der Waals surface area contributed by atoms with Gasteiger partial charge in [0, 0.05) is 10.9 Å². The normalized spacial score (nSPS) is 20.7. The second-order valence-electron chi connectivity index (χ2n) is 9.73. The molecule has 0 amide bonds. The first kappa shape index (κ1) is 19.7. The molecule has 0 saturated carbocycles. The molecule has 3 aromatic rings. The highest BCUT2D eigenvalue weighted by Crippen LogP contribution is 2.43. The van der Waals surface area contributed by atoms with E-state index in [1.54, 1.807) is 0 Å². The lowest BCUT2D eigenvalue weighted by molar-refractivity contribution is -0.153. The van der Waals surface area contributed by atoms with Crippen molar-refractivity contribution in [1.29, 1.82) is 0 Å². The number of hydrogen-bond acceptors (Lipinski definition) is 4. The fraction of sp³-hybridized carbons (Fsp3) is 0.444. The second-order valence-corrected chi connectivity index (χ2v) is 9.73. The Kier molecular flexibility index (Phi) is 4.02. The largest absolute Gasteiger partial charge is 0.460 e. The van der Waals surface area contributed by atoms with Crippen molar-refractivity contribution in [3.05, 3.63) is 61.4 Å². The highest BCUT2D eigenvalue weighted by molar-refractivity contribution is 5.93. The molecule has 0 N–H and O–H groups in total. The minimum atomic E-state index is -0.796. The van der Waals surface area contributed by atoms with E-state index in [1.807, 2.05) is 18.4 Å². The maximum absolute atomic E-state index is 13.6. The molecule has 0 spiro atoms. The highest BCUT2D eigenvalue weighted by atomic mass is 16.5. The van der Waals surface area contributed by atoms with Crippen LogP contribution in [-0.4, -0.2) is 15.5 Å². The van der Waals surface area contributed by atoms with Gasteiger partial charge in [0.1, 0.15) is 6.61 Å². The zero-order chi connectivity index (χ0) is 22.4. The van der Waals surface area contributed by atoms with Crippen molar-refractivity contribution in [2.24, 2.45) is 0 Å². The molecule has 0 fully saturated rings. The lowest BCUT2D eigenvalue weighted by Crippen LogP contribution is -2.42. The summed E-state index contributed by atoms with van der Waals surface area (Å²) in [6.07, 6.45) is 4.83. The Hall–Kier alpha value is -2.95. The molecule has 5 heteroatoms. The molecule has 0 unspecified atom stereocenters. The molecule has 1 aliphatic carbocycles. The highest BCUT2D eigenvalue weighted by Gasteiger charge is 2.43. The molecule has 164 valence electrons. The number of esters is 1. The summed E-state index contributed by atoms with van der Waals surface area (Å²) >= 11 is 0. The zero-order valence-electron chi connectivity index (χ0n) is 19.2. The van der Waals surface area contributed by atoms with Crippen LogP contribution in [0.15, 0.2) is 16.9 Å². The topological polar surface area (TPSA) is 61.2 Å². The molecule has 1 atom stereocenters. The third-order valence-corrected chi connectivity index (χ3v) is 8.28. The Morgan fingerprint density at radius 3 is 2.62 bits per heavy atom. The van der Waals surface area contributed by atoms with Gasteiger partial charge in [0.15, 0.2) is 0 Å². The number of rotatable bonds is 2. The number of aromatic nitrogens is 2. The third-order valence-electron chi connectivity index (χ3n) is 8.28. The number of ether oxygens (including phenoxy) is 1. The summed E-state index contributed by atoms with van der Waals surface area (Å²) < 4.78 is 7.28. The van der Waals surface area contributed by atoms with Gasteiger partial charge in [-0.05, 0) is 85.9 Å². The van der Waals surface area contributed by atoms with Gasteiger partial charge in [-0.2, -0.15) is 0 Å². The van der Waals surface area contributed by atoms with Crippen molar-refractivity contribution in [1.82, 2.24) is 9.55 Å². The number of carbonyl (C=O) groups is 1. The van der Waals surface area contributed by atoms with Crippen LogP contribution in [0.4, 0.5) is 0 Å². The average molecular weight is 429 g/mol. The van der Waals surface area contributed by atoms with Crippen LogP contribution < -0.4 is 5.56 Å². The van der Waals surface area contributed by atoms with Gasteiger partial charge in [-0.15, -0.1) is 0 Å². The van der Waals surface area contributed by atoms with E-state index in [0.29, 0.717) is 18.5 Å². The Morgan fingerprint density at radius 1 is 1.09 bits per heavy atom. The number of pyridine rings is 2. The summed E-state index contributed by atoms with van der Waals surface area (Å²) in [6, 6.07) is 4.30. The summed E-state index contributed by atoms with van der Waals surface area (Å²) in [5.74, 6) is -0.246. The molecule has 4 heterocycles. The van der Waals surface area contributed by atoms with E-state index in [2.05, 4.69) is 26.0 Å². The Bertz CT molecular complexity index is 1420. The number of fused-ring (bicyclic) bond motifs is 5. The molecule has 2 aliphatic heterocycles. The number of carbonyl (C=O) groups excluding carboxylic acids is 1. The van der Waals surface area contributed by atoms with E-state index in [-0.39, 0.29) is 18.1 Å². The number of aryl methyl sites for hydroxylation is 3. The molecule has 32 heavy (non-hydrogen) atoms. The van der Waals surface area contributed by atoms with Crippen molar-refractivity contribution < 1.29 is 9.53 Å². The Labute approximate surface area is 187 Å². The molecular weight excluding hydrogens is 400 g/mol. The molecule has 5 nitrogen and oxygen atoms in total. The minimum Gasteiger partial charge on any atom is -0.460 e. The summed E-state index contributed by atoms with van der Waals surface area (Å²) in [6.45, 7) is 8.92. The summed E-state index contributed by atoms with van der Waals surface area (Å²) in [5.41, 5.74) is 10.2. The maximum atomic E-state index is 13.6. The average Bonchev–Trinajstić information content (AvgIpc) is 3.18. The van der Waals surface area contributed by atoms with Crippen LogP contribution in [-0.2, 0) is 47.4 Å². The first-order chi connectivity index (χ1) is 15.4. The third kappa shape index (κ3) is 2.31. The van der Waals surface area contributed by atoms with Crippen molar-refractivity contribution >= 4 is 16.9 Å². The van der Waals surface area contributed by atoms with Crippen LogP contribution in [0.5, 0.6) is 0 Å². The van der Waals surface area contributed by atoms with Crippen LogP contribution in [0.25, 0.3) is 22.3 Å².